The van der Waals surface area contributed by atoms with Crippen LogP contribution in [0.1, 0.15) is 5.56 Å². The van der Waals surface area contributed by atoms with E-state index in [1.165, 1.54) is 16.7 Å². The van der Waals surface area contributed by atoms with Crippen LogP contribution in [-0.4, -0.2) is 64.4 Å². The molecule has 0 spiro atoms. The molecule has 1 aliphatic heterocycles. The number of hydrogen-bond donors (Lipinski definition) is 1. The van der Waals surface area contributed by atoms with Crippen LogP contribution in [0.2, 0.25) is 5.02 Å². The quantitative estimate of drug-likeness (QED) is 0.685. The Morgan fingerprint density at radius 2 is 2.04 bits per heavy atom. The normalized spacial score (nSPS) is 15.9. The highest BCUT2D eigenvalue weighted by atomic mass is 35.5. The van der Waals surface area contributed by atoms with Crippen LogP contribution in [0.5, 0.6) is 0 Å². The molecule has 1 saturated heterocycles. The number of hydrogen-bond acceptors (Lipinski definition) is 4. The van der Waals surface area contributed by atoms with Crippen molar-refractivity contribution < 1.29 is 9.69 Å². The highest BCUT2D eigenvalue weighted by Crippen LogP contribution is 2.28. The summed E-state index contributed by atoms with van der Waals surface area (Å²) in [4.78, 5) is 15.9. The van der Waals surface area contributed by atoms with Gasteiger partial charge in [-0.1, -0.05) is 23.4 Å². The highest BCUT2D eigenvalue weighted by molar-refractivity contribution is 7.99. The summed E-state index contributed by atoms with van der Waals surface area (Å²) in [6.45, 7) is 5.71. The molecule has 8 heteroatoms. The lowest BCUT2D eigenvalue weighted by atomic mass is 10.1. The van der Waals surface area contributed by atoms with Gasteiger partial charge in [0.1, 0.15) is 0 Å². The summed E-state index contributed by atoms with van der Waals surface area (Å²) >= 11 is 7.60. The molecule has 0 bridgehead atoms. The number of nitrogens with one attached hydrogen (secondary N) is 1. The molecular formula is C18H21ClN5OS+. The van der Waals surface area contributed by atoms with E-state index in [2.05, 4.69) is 17.2 Å². The number of fused-ring (bicyclic) bond motifs is 3. The van der Waals surface area contributed by atoms with E-state index in [4.69, 9.17) is 11.6 Å². The van der Waals surface area contributed by atoms with Crippen molar-refractivity contribution in [3.05, 3.63) is 34.9 Å². The summed E-state index contributed by atoms with van der Waals surface area (Å²) in [7, 11) is 2.16. The molecule has 0 unspecified atom stereocenters. The van der Waals surface area contributed by atoms with Crippen LogP contribution >= 0.6 is 23.4 Å². The number of quaternary nitrogens is 1. The maximum Gasteiger partial charge on any atom is 0.233 e. The monoisotopic (exact) mass is 390 g/mol. The first-order chi connectivity index (χ1) is 12.5. The number of carbonyl (C=O) groups excluding carboxylic acids is 1. The van der Waals surface area contributed by atoms with Crippen LogP contribution in [-0.2, 0) is 4.79 Å². The van der Waals surface area contributed by atoms with Crippen LogP contribution in [0.4, 0.5) is 0 Å². The van der Waals surface area contributed by atoms with E-state index in [1.807, 2.05) is 40.5 Å². The topological polar surface area (TPSA) is 54.9 Å². The van der Waals surface area contributed by atoms with Crippen molar-refractivity contribution in [2.45, 2.75) is 12.1 Å². The third-order valence-electron chi connectivity index (χ3n) is 4.92. The van der Waals surface area contributed by atoms with Crippen molar-refractivity contribution in [1.82, 2.24) is 19.5 Å². The van der Waals surface area contributed by atoms with Gasteiger partial charge < -0.3 is 9.80 Å². The molecule has 3 aromatic rings. The molecule has 1 aliphatic rings. The van der Waals surface area contributed by atoms with Crippen LogP contribution < -0.4 is 4.90 Å². The number of rotatable bonds is 3. The Morgan fingerprint density at radius 1 is 1.27 bits per heavy atom. The largest absolute Gasteiger partial charge is 0.334 e. The number of benzene rings is 1. The lowest BCUT2D eigenvalue weighted by molar-refractivity contribution is -0.883. The zero-order chi connectivity index (χ0) is 18.3. The van der Waals surface area contributed by atoms with Crippen LogP contribution in [0, 0.1) is 6.92 Å². The molecule has 1 fully saturated rings. The van der Waals surface area contributed by atoms with Crippen molar-refractivity contribution in [1.29, 1.82) is 0 Å². The third kappa shape index (κ3) is 3.26. The molecule has 2 aromatic heterocycles. The van der Waals surface area contributed by atoms with Gasteiger partial charge >= 0.3 is 0 Å². The zero-order valence-electron chi connectivity index (χ0n) is 14.8. The van der Waals surface area contributed by atoms with E-state index in [1.54, 1.807) is 0 Å². The Kier molecular flexibility index (Phi) is 4.77. The summed E-state index contributed by atoms with van der Waals surface area (Å²) in [5, 5.41) is 11.1. The minimum atomic E-state index is 0.165. The fraction of sp³-hybridized carbons (Fsp3) is 0.389. The van der Waals surface area contributed by atoms with Gasteiger partial charge in [-0.2, -0.15) is 0 Å². The SMILES string of the molecule is Cc1cc2nnc(SCC(=O)N3CC[NH+](C)CC3)n2c2ccc(Cl)cc12. The molecule has 6 nitrogen and oxygen atoms in total. The van der Waals surface area contributed by atoms with E-state index in [9.17, 15) is 4.79 Å². The Labute approximate surface area is 161 Å². The Balaban J connectivity index is 1.60. The summed E-state index contributed by atoms with van der Waals surface area (Å²) in [5.41, 5.74) is 2.90. The first kappa shape index (κ1) is 17.6. The number of pyridine rings is 1. The van der Waals surface area contributed by atoms with E-state index in [-0.39, 0.29) is 5.91 Å². The van der Waals surface area contributed by atoms with Gasteiger partial charge in [-0.25, -0.2) is 0 Å². The minimum Gasteiger partial charge on any atom is -0.334 e. The molecule has 0 radical (unpaired) electrons. The number of amides is 1. The maximum absolute atomic E-state index is 12.5. The summed E-state index contributed by atoms with van der Waals surface area (Å²) < 4.78 is 2.00. The summed E-state index contributed by atoms with van der Waals surface area (Å²) in [6.07, 6.45) is 0. The fourth-order valence-electron chi connectivity index (χ4n) is 3.34. The summed E-state index contributed by atoms with van der Waals surface area (Å²) in [5.74, 6) is 0.543. The van der Waals surface area contributed by atoms with Gasteiger partial charge in [0, 0.05) is 10.4 Å². The van der Waals surface area contributed by atoms with Gasteiger partial charge in [0.2, 0.25) is 5.91 Å². The van der Waals surface area contributed by atoms with Crippen molar-refractivity contribution in [2.24, 2.45) is 0 Å². The number of piperazine rings is 1. The molecule has 4 rings (SSSR count). The average molecular weight is 391 g/mol. The Bertz CT molecular complexity index is 981. The second-order valence-electron chi connectivity index (χ2n) is 6.79. The van der Waals surface area contributed by atoms with Crippen molar-refractivity contribution >= 4 is 45.8 Å². The molecule has 3 heterocycles. The molecule has 1 aromatic carbocycles. The van der Waals surface area contributed by atoms with Gasteiger partial charge in [0.15, 0.2) is 10.8 Å². The lowest BCUT2D eigenvalue weighted by Crippen LogP contribution is -3.12. The van der Waals surface area contributed by atoms with Crippen molar-refractivity contribution in [3.63, 3.8) is 0 Å². The molecule has 1 amide bonds. The van der Waals surface area contributed by atoms with Gasteiger partial charge in [0.05, 0.1) is 44.5 Å². The molecule has 136 valence electrons. The number of likely N-dealkylation sites (N-methyl/N-ethyl adjacent to an activating group) is 1. The number of aryl methyl sites for hydroxylation is 1. The second kappa shape index (κ2) is 7.06. The molecule has 26 heavy (non-hydrogen) atoms. The number of carbonyl (C=O) groups is 1. The summed E-state index contributed by atoms with van der Waals surface area (Å²) in [6, 6.07) is 7.81. The van der Waals surface area contributed by atoms with E-state index < -0.39 is 0 Å². The fourth-order valence-corrected chi connectivity index (χ4v) is 4.37. The van der Waals surface area contributed by atoms with Crippen LogP contribution in [0.15, 0.2) is 29.4 Å². The number of nitrogens with zero attached hydrogens (tertiary/aromatic N) is 4. The van der Waals surface area contributed by atoms with E-state index in [0.717, 1.165) is 53.4 Å². The molecule has 1 N–H and O–H groups in total. The third-order valence-corrected chi connectivity index (χ3v) is 6.07. The number of halogens is 1. The molecular weight excluding hydrogens is 370 g/mol. The van der Waals surface area contributed by atoms with Gasteiger partial charge in [-0.05, 0) is 36.8 Å². The van der Waals surface area contributed by atoms with Gasteiger partial charge in [-0.15, -0.1) is 10.2 Å². The predicted octanol–water partition coefficient (Wildman–Crippen LogP) is 1.29. The highest BCUT2D eigenvalue weighted by Gasteiger charge is 2.22. The van der Waals surface area contributed by atoms with Crippen molar-refractivity contribution in [2.75, 3.05) is 39.0 Å². The predicted molar refractivity (Wildman–Crippen MR) is 104 cm³/mol. The minimum absolute atomic E-state index is 0.165. The van der Waals surface area contributed by atoms with Crippen LogP contribution in [0.3, 0.4) is 0 Å². The Hall–Kier alpha value is -1.83. The number of thioether (sulfide) groups is 1. The van der Waals surface area contributed by atoms with E-state index >= 15 is 0 Å². The van der Waals surface area contributed by atoms with Gasteiger partial charge in [-0.3, -0.25) is 9.20 Å². The molecule has 0 aliphatic carbocycles. The molecule has 0 atom stereocenters. The number of aromatic nitrogens is 3. The van der Waals surface area contributed by atoms with Gasteiger partial charge in [0.25, 0.3) is 0 Å². The zero-order valence-corrected chi connectivity index (χ0v) is 16.4. The Morgan fingerprint density at radius 3 is 2.81 bits per heavy atom. The van der Waals surface area contributed by atoms with Crippen molar-refractivity contribution in [3.8, 4) is 0 Å². The standard InChI is InChI=1S/C18H20ClN5OS/c1-12-9-16-20-21-18(24(16)15-4-3-13(19)10-14(12)15)26-11-17(25)23-7-5-22(2)6-8-23/h3-4,9-10H,5-8,11H2,1-2H3/p+1. The first-order valence-electron chi connectivity index (χ1n) is 8.69. The smallest absolute Gasteiger partial charge is 0.233 e. The molecule has 0 saturated carbocycles. The average Bonchev–Trinajstić information content (AvgIpc) is 3.03. The van der Waals surface area contributed by atoms with E-state index in [0.29, 0.717) is 10.8 Å². The van der Waals surface area contributed by atoms with Crippen LogP contribution in [0.25, 0.3) is 16.6 Å². The maximum atomic E-state index is 12.5. The second-order valence-corrected chi connectivity index (χ2v) is 8.17. The first-order valence-corrected chi connectivity index (χ1v) is 10.0. The lowest BCUT2D eigenvalue weighted by Gasteiger charge is -2.29.